The lowest BCUT2D eigenvalue weighted by Crippen LogP contribution is -2.62. The second-order valence-electron chi connectivity index (χ2n) is 8.01. The molecule has 1 aromatic rings. The molecule has 0 bridgehead atoms. The van der Waals surface area contributed by atoms with E-state index in [0.29, 0.717) is 13.0 Å². The van der Waals surface area contributed by atoms with Crippen molar-refractivity contribution in [3.8, 4) is 0 Å². The Morgan fingerprint density at radius 2 is 1.89 bits per heavy atom. The van der Waals surface area contributed by atoms with E-state index in [4.69, 9.17) is 0 Å². The van der Waals surface area contributed by atoms with Gasteiger partial charge in [0.15, 0.2) is 5.78 Å². The summed E-state index contributed by atoms with van der Waals surface area (Å²) in [4.78, 5) is 62.5. The number of rotatable bonds is 8. The number of nitrogens with one attached hydrogen (secondary N) is 3. The van der Waals surface area contributed by atoms with Crippen molar-refractivity contribution in [2.45, 2.75) is 37.7 Å². The maximum absolute atomic E-state index is 13.7. The first-order valence-corrected chi connectivity index (χ1v) is 10.6. The van der Waals surface area contributed by atoms with Gasteiger partial charge in [-0.1, -0.05) is 12.1 Å². The van der Waals surface area contributed by atoms with Crippen molar-refractivity contribution in [2.75, 3.05) is 25.0 Å². The Kier molecular flexibility index (Phi) is 8.04. The summed E-state index contributed by atoms with van der Waals surface area (Å²) in [7, 11) is 0. The average molecular weight is 502 g/mol. The summed E-state index contributed by atoms with van der Waals surface area (Å²) in [5.74, 6) is -6.19. The summed E-state index contributed by atoms with van der Waals surface area (Å²) in [5, 5.41) is 6.92. The van der Waals surface area contributed by atoms with Crippen LogP contribution in [0.15, 0.2) is 24.3 Å². The molecule has 0 saturated carbocycles. The molecular formula is C21H22F4N4O6. The van der Waals surface area contributed by atoms with Crippen molar-refractivity contribution in [3.63, 3.8) is 0 Å². The van der Waals surface area contributed by atoms with E-state index in [1.807, 2.05) is 0 Å². The van der Waals surface area contributed by atoms with E-state index >= 15 is 0 Å². The summed E-state index contributed by atoms with van der Waals surface area (Å²) in [6.45, 7) is -1.04. The smallest absolute Gasteiger partial charge is 0.356 e. The molecule has 2 aliphatic rings. The van der Waals surface area contributed by atoms with Crippen molar-refractivity contribution in [3.05, 3.63) is 30.1 Å². The third-order valence-electron chi connectivity index (χ3n) is 5.67. The second-order valence-corrected chi connectivity index (χ2v) is 8.01. The molecule has 1 aromatic carbocycles. The van der Waals surface area contributed by atoms with Crippen LogP contribution >= 0.6 is 0 Å². The lowest BCUT2D eigenvalue weighted by Gasteiger charge is -2.39. The van der Waals surface area contributed by atoms with Crippen molar-refractivity contribution in [1.82, 2.24) is 15.5 Å². The number of anilines is 1. The lowest BCUT2D eigenvalue weighted by atomic mass is 9.94. The first kappa shape index (κ1) is 26.1. The molecule has 0 radical (unpaired) electrons. The van der Waals surface area contributed by atoms with Crippen LogP contribution in [0.3, 0.4) is 0 Å². The van der Waals surface area contributed by atoms with Crippen LogP contribution in [0.1, 0.15) is 19.3 Å². The summed E-state index contributed by atoms with van der Waals surface area (Å²) >= 11 is 0. The molecule has 14 heteroatoms. The van der Waals surface area contributed by atoms with Crippen molar-refractivity contribution < 1.29 is 46.3 Å². The minimum atomic E-state index is -5.07. The molecule has 2 saturated heterocycles. The molecule has 3 N–H and O–H groups in total. The topological polar surface area (TPSA) is 134 Å². The minimum Gasteiger partial charge on any atom is -0.356 e. The number of halogens is 4. The van der Waals surface area contributed by atoms with E-state index in [-0.39, 0.29) is 25.1 Å². The normalized spacial score (nSPS) is 20.5. The van der Waals surface area contributed by atoms with Gasteiger partial charge in [-0.3, -0.25) is 28.7 Å². The van der Waals surface area contributed by atoms with Crippen LogP contribution in [-0.4, -0.2) is 72.5 Å². The number of nitrogens with zero attached hydrogens (tertiary/aromatic N) is 1. The Balaban J connectivity index is 1.63. The highest BCUT2D eigenvalue weighted by molar-refractivity contribution is 6.40. The number of carbonyl (C=O) groups excluding carboxylic acids is 5. The van der Waals surface area contributed by atoms with Gasteiger partial charge in [0.2, 0.25) is 11.8 Å². The van der Waals surface area contributed by atoms with Crippen LogP contribution < -0.4 is 16.0 Å². The molecule has 35 heavy (non-hydrogen) atoms. The Labute approximate surface area is 196 Å². The first-order chi connectivity index (χ1) is 16.5. The van der Waals surface area contributed by atoms with Crippen LogP contribution in [0.5, 0.6) is 0 Å². The molecule has 2 fully saturated rings. The highest BCUT2D eigenvalue weighted by atomic mass is 19.4. The van der Waals surface area contributed by atoms with E-state index in [2.05, 4.69) is 20.7 Å². The van der Waals surface area contributed by atoms with Crippen LogP contribution in [0, 0.1) is 11.7 Å². The second kappa shape index (κ2) is 10.8. The molecule has 10 nitrogen and oxygen atoms in total. The zero-order chi connectivity index (χ0) is 25.8. The monoisotopic (exact) mass is 502 g/mol. The summed E-state index contributed by atoms with van der Waals surface area (Å²) in [6, 6.07) is 2.47. The number of ether oxygens (including phenoxy) is 1. The fourth-order valence-electron chi connectivity index (χ4n) is 3.72. The molecule has 0 aromatic heterocycles. The Hall–Kier alpha value is -3.55. The number of alkyl halides is 3. The summed E-state index contributed by atoms with van der Waals surface area (Å²) in [5.41, 5.74) is -0.238. The fourth-order valence-corrected chi connectivity index (χ4v) is 3.72. The van der Waals surface area contributed by atoms with Crippen LogP contribution in [0.25, 0.3) is 0 Å². The maximum Gasteiger partial charge on any atom is 0.522 e. The van der Waals surface area contributed by atoms with Crippen LogP contribution in [-0.2, 0) is 28.7 Å². The van der Waals surface area contributed by atoms with E-state index in [9.17, 15) is 41.5 Å². The molecule has 0 spiro atoms. The molecule has 0 aliphatic carbocycles. The van der Waals surface area contributed by atoms with Crippen molar-refractivity contribution >= 4 is 35.1 Å². The molecule has 4 amide bonds. The Morgan fingerprint density at radius 1 is 1.17 bits per heavy atom. The van der Waals surface area contributed by atoms with Gasteiger partial charge in [0.05, 0.1) is 11.7 Å². The number of likely N-dealkylation sites (tertiary alicyclic amines) is 1. The van der Waals surface area contributed by atoms with Gasteiger partial charge in [-0.25, -0.2) is 4.39 Å². The zero-order valence-electron chi connectivity index (χ0n) is 18.2. The number of hydrogen-bond acceptors (Lipinski definition) is 6. The van der Waals surface area contributed by atoms with Crippen molar-refractivity contribution in [2.24, 2.45) is 5.92 Å². The van der Waals surface area contributed by atoms with E-state index in [1.165, 1.54) is 18.2 Å². The number of benzene rings is 1. The van der Waals surface area contributed by atoms with Gasteiger partial charge in [-0.15, -0.1) is 13.2 Å². The van der Waals surface area contributed by atoms with Gasteiger partial charge in [-0.2, -0.15) is 0 Å². The number of hydrogen-bond donors (Lipinski definition) is 3. The molecule has 3 atom stereocenters. The summed E-state index contributed by atoms with van der Waals surface area (Å²) in [6.07, 6.45) is -4.89. The lowest BCUT2D eigenvalue weighted by molar-refractivity contribution is -0.321. The van der Waals surface area contributed by atoms with E-state index in [0.717, 1.165) is 11.0 Å². The zero-order valence-corrected chi connectivity index (χ0v) is 18.2. The predicted octanol–water partition coefficient (Wildman–Crippen LogP) is 0.482. The molecule has 190 valence electrons. The molecule has 2 heterocycles. The molecular weight excluding hydrogens is 480 g/mol. The molecule has 2 aliphatic heterocycles. The Morgan fingerprint density at radius 3 is 2.46 bits per heavy atom. The number of ketones is 1. The van der Waals surface area contributed by atoms with Gasteiger partial charge in [0.1, 0.15) is 18.5 Å². The van der Waals surface area contributed by atoms with Gasteiger partial charge in [-0.05, 0) is 31.4 Å². The average Bonchev–Trinajstić information content (AvgIpc) is 3.16. The molecule has 3 rings (SSSR count). The number of carbonyl (C=O) groups is 5. The quantitative estimate of drug-likeness (QED) is 0.350. The van der Waals surface area contributed by atoms with Crippen LogP contribution in [0.2, 0.25) is 0 Å². The highest BCUT2D eigenvalue weighted by Crippen LogP contribution is 2.22. The van der Waals surface area contributed by atoms with Crippen LogP contribution in [0.4, 0.5) is 23.2 Å². The SMILES string of the molecule is O=C(Nc1ccccc1F)C(=O)N1CC[C@H]1C(=O)NC(C[C@@H]1CCNC1=O)C(=O)COC(F)(F)F. The van der Waals surface area contributed by atoms with Crippen molar-refractivity contribution in [1.29, 1.82) is 0 Å². The van der Waals surface area contributed by atoms with Gasteiger partial charge in [0.25, 0.3) is 0 Å². The number of para-hydroxylation sites is 1. The first-order valence-electron chi connectivity index (χ1n) is 10.6. The van der Waals surface area contributed by atoms with Gasteiger partial charge < -0.3 is 20.9 Å². The third kappa shape index (κ3) is 6.74. The highest BCUT2D eigenvalue weighted by Gasteiger charge is 2.42. The van der Waals surface area contributed by atoms with E-state index < -0.39 is 66.2 Å². The van der Waals surface area contributed by atoms with Gasteiger partial charge >= 0.3 is 18.2 Å². The Bertz CT molecular complexity index is 1020. The summed E-state index contributed by atoms with van der Waals surface area (Å²) < 4.78 is 54.4. The largest absolute Gasteiger partial charge is 0.522 e. The predicted molar refractivity (Wildman–Crippen MR) is 110 cm³/mol. The van der Waals surface area contributed by atoms with Gasteiger partial charge in [0, 0.05) is 19.0 Å². The molecule has 1 unspecified atom stereocenters. The van der Waals surface area contributed by atoms with E-state index in [1.54, 1.807) is 0 Å². The standard InChI is InChI=1S/C21H22F4N4O6/c22-12-3-1-2-4-13(12)27-19(33)20(34)29-8-6-15(29)18(32)28-14(9-11-5-7-26-17(11)31)16(30)10-35-21(23,24)25/h1-4,11,14-15H,5-10H2,(H,26,31)(H,27,33)(H,28,32)/t11-,14?,15-/m0/s1. The fraction of sp³-hybridized carbons (Fsp3) is 0.476. The maximum atomic E-state index is 13.7. The number of Topliss-reactive ketones (excluding diaryl/α,β-unsaturated/α-hetero) is 1. The third-order valence-corrected chi connectivity index (χ3v) is 5.67. The minimum absolute atomic E-state index is 0.0163. The number of amides is 4.